The molecule has 9 heteroatoms. The summed E-state index contributed by atoms with van der Waals surface area (Å²) in [5, 5.41) is 0. The van der Waals surface area contributed by atoms with Gasteiger partial charge in [-0.1, -0.05) is 32.9 Å². The highest BCUT2D eigenvalue weighted by atomic mass is 32.2. The lowest BCUT2D eigenvalue weighted by Crippen LogP contribution is -2.35. The zero-order chi connectivity index (χ0) is 23.9. The van der Waals surface area contributed by atoms with Crippen LogP contribution in [0, 0.1) is 11.2 Å². The molecule has 2 aromatic carbocycles. The van der Waals surface area contributed by atoms with Gasteiger partial charge in [0.05, 0.1) is 13.7 Å². The van der Waals surface area contributed by atoms with Crippen LogP contribution in [0.25, 0.3) is 0 Å². The van der Waals surface area contributed by atoms with Crippen LogP contribution < -0.4 is 8.92 Å². The average Bonchev–Trinajstić information content (AvgIpc) is 2.69. The Bertz CT molecular complexity index is 1030. The van der Waals surface area contributed by atoms with Gasteiger partial charge in [0.25, 0.3) is 0 Å². The van der Waals surface area contributed by atoms with Gasteiger partial charge in [-0.25, -0.2) is 4.39 Å². The lowest BCUT2D eigenvalue weighted by molar-refractivity contribution is -0.134. The predicted octanol–water partition coefficient (Wildman–Crippen LogP) is 4.01. The maximum atomic E-state index is 13.9. The second-order valence-corrected chi connectivity index (χ2v) is 10.1. The molecule has 0 unspecified atom stereocenters. The van der Waals surface area contributed by atoms with Gasteiger partial charge in [0.15, 0.2) is 11.6 Å². The van der Waals surface area contributed by atoms with Crippen LogP contribution in [0.2, 0.25) is 0 Å². The first-order chi connectivity index (χ1) is 14.9. The van der Waals surface area contributed by atoms with Crippen LogP contribution in [0.3, 0.4) is 0 Å². The molecule has 0 N–H and O–H groups in total. The first-order valence-electron chi connectivity index (χ1n) is 10.1. The summed E-state index contributed by atoms with van der Waals surface area (Å²) in [6.07, 6.45) is 0.365. The van der Waals surface area contributed by atoms with E-state index in [1.54, 1.807) is 30.2 Å². The summed E-state index contributed by atoms with van der Waals surface area (Å²) in [5.41, 5.74) is 0.520. The van der Waals surface area contributed by atoms with E-state index in [9.17, 15) is 17.6 Å². The van der Waals surface area contributed by atoms with Crippen molar-refractivity contribution in [2.75, 3.05) is 27.4 Å². The lowest BCUT2D eigenvalue weighted by Gasteiger charge is -2.27. The van der Waals surface area contributed by atoms with E-state index in [2.05, 4.69) is 0 Å². The summed E-state index contributed by atoms with van der Waals surface area (Å²) >= 11 is 0. The highest BCUT2D eigenvalue weighted by Gasteiger charge is 2.22. The van der Waals surface area contributed by atoms with Crippen molar-refractivity contribution in [3.63, 3.8) is 0 Å². The number of halogens is 1. The van der Waals surface area contributed by atoms with E-state index in [1.807, 2.05) is 20.8 Å². The number of amides is 1. The molecule has 32 heavy (non-hydrogen) atoms. The van der Waals surface area contributed by atoms with Gasteiger partial charge in [0.1, 0.15) is 10.6 Å². The number of hydrogen-bond acceptors (Lipinski definition) is 6. The largest absolute Gasteiger partial charge is 0.494 e. The van der Waals surface area contributed by atoms with Gasteiger partial charge in [0.2, 0.25) is 5.91 Å². The Morgan fingerprint density at radius 1 is 1.09 bits per heavy atom. The van der Waals surface area contributed by atoms with Gasteiger partial charge in [-0.15, -0.1) is 0 Å². The van der Waals surface area contributed by atoms with Crippen molar-refractivity contribution in [2.24, 2.45) is 5.41 Å². The van der Waals surface area contributed by atoms with Gasteiger partial charge >= 0.3 is 10.1 Å². The average molecular weight is 468 g/mol. The smallest absolute Gasteiger partial charge is 0.339 e. The Kier molecular flexibility index (Phi) is 8.63. The Morgan fingerprint density at radius 2 is 1.81 bits per heavy atom. The van der Waals surface area contributed by atoms with Crippen molar-refractivity contribution < 1.29 is 31.3 Å². The number of methoxy groups -OCH3 is 2. The number of nitrogens with zero attached hydrogens (tertiary/aromatic N) is 1. The van der Waals surface area contributed by atoms with Gasteiger partial charge in [-0.05, 0) is 41.3 Å². The molecule has 0 aliphatic rings. The van der Waals surface area contributed by atoms with E-state index in [4.69, 9.17) is 13.7 Å². The van der Waals surface area contributed by atoms with Crippen LogP contribution in [0.4, 0.5) is 4.39 Å². The Balaban J connectivity index is 2.20. The highest BCUT2D eigenvalue weighted by molar-refractivity contribution is 7.87. The second-order valence-electron chi connectivity index (χ2n) is 8.53. The Morgan fingerprint density at radius 3 is 2.41 bits per heavy atom. The minimum atomic E-state index is -4.26. The molecule has 0 radical (unpaired) electrons. The fourth-order valence-electron chi connectivity index (χ4n) is 2.95. The molecule has 0 aliphatic heterocycles. The van der Waals surface area contributed by atoms with Crippen molar-refractivity contribution in [1.29, 1.82) is 0 Å². The van der Waals surface area contributed by atoms with Crippen molar-refractivity contribution in [2.45, 2.75) is 38.6 Å². The van der Waals surface area contributed by atoms with Gasteiger partial charge in [-0.2, -0.15) is 8.42 Å². The molecule has 7 nitrogen and oxygen atoms in total. The van der Waals surface area contributed by atoms with E-state index in [0.717, 1.165) is 6.07 Å². The standard InChI is InChI=1S/C23H30FNO6S/c1-23(2,3)15-22(26)25(11-12-29-4)16-17-7-6-8-18(13-17)31-32(27,28)19-9-10-21(30-5)20(24)14-19/h6-10,13-14H,11-12,15-16H2,1-5H3. The highest BCUT2D eigenvalue weighted by Crippen LogP contribution is 2.25. The van der Waals surface area contributed by atoms with Crippen molar-refractivity contribution in [1.82, 2.24) is 4.90 Å². The second kappa shape index (κ2) is 10.8. The normalized spacial score (nSPS) is 11.8. The van der Waals surface area contributed by atoms with Crippen LogP contribution in [0.15, 0.2) is 47.4 Å². The van der Waals surface area contributed by atoms with E-state index in [0.29, 0.717) is 25.1 Å². The van der Waals surface area contributed by atoms with Gasteiger partial charge in [-0.3, -0.25) is 4.79 Å². The third-order valence-corrected chi connectivity index (χ3v) is 5.73. The molecule has 0 fully saturated rings. The number of rotatable bonds is 10. The van der Waals surface area contributed by atoms with E-state index >= 15 is 0 Å². The molecular weight excluding hydrogens is 437 g/mol. The SMILES string of the molecule is COCCN(Cc1cccc(OS(=O)(=O)c2ccc(OC)c(F)c2)c1)C(=O)CC(C)(C)C. The summed E-state index contributed by atoms with van der Waals surface area (Å²) in [4.78, 5) is 14.1. The molecule has 0 atom stereocenters. The lowest BCUT2D eigenvalue weighted by atomic mass is 9.91. The van der Waals surface area contributed by atoms with Crippen LogP contribution >= 0.6 is 0 Å². The topological polar surface area (TPSA) is 82.1 Å². The molecule has 176 valence electrons. The van der Waals surface area contributed by atoms with E-state index in [-0.39, 0.29) is 34.3 Å². The van der Waals surface area contributed by atoms with Crippen molar-refractivity contribution in [3.05, 3.63) is 53.8 Å². The van der Waals surface area contributed by atoms with Crippen LogP contribution in [0.1, 0.15) is 32.8 Å². The summed E-state index contributed by atoms with van der Waals surface area (Å²) in [5.74, 6) is -0.838. The molecule has 0 saturated carbocycles. The fourth-order valence-corrected chi connectivity index (χ4v) is 3.89. The summed E-state index contributed by atoms with van der Waals surface area (Å²) < 4.78 is 54.2. The molecule has 0 aromatic heterocycles. The first kappa shape index (κ1) is 25.6. The van der Waals surface area contributed by atoms with Crippen molar-refractivity contribution >= 4 is 16.0 Å². The van der Waals surface area contributed by atoms with Crippen LogP contribution in [0.5, 0.6) is 11.5 Å². The number of hydrogen-bond donors (Lipinski definition) is 0. The molecule has 0 aliphatic carbocycles. The minimum Gasteiger partial charge on any atom is -0.494 e. The molecule has 0 bridgehead atoms. The number of carbonyl (C=O) groups excluding carboxylic acids is 1. The molecule has 0 saturated heterocycles. The third-order valence-electron chi connectivity index (χ3n) is 4.49. The van der Waals surface area contributed by atoms with Crippen molar-refractivity contribution in [3.8, 4) is 11.5 Å². The number of ether oxygens (including phenoxy) is 2. The van der Waals surface area contributed by atoms with Gasteiger partial charge < -0.3 is 18.6 Å². The fraction of sp³-hybridized carbons (Fsp3) is 0.435. The third kappa shape index (κ3) is 7.49. The molecule has 0 spiro atoms. The summed E-state index contributed by atoms with van der Waals surface area (Å²) in [7, 11) is -1.40. The minimum absolute atomic E-state index is 0.0257. The van der Waals surface area contributed by atoms with Gasteiger partial charge in [0, 0.05) is 26.6 Å². The molecule has 1 amide bonds. The quantitative estimate of drug-likeness (QED) is 0.491. The number of carbonyl (C=O) groups is 1. The number of benzene rings is 2. The summed E-state index contributed by atoms with van der Waals surface area (Å²) in [6.45, 7) is 7.01. The monoisotopic (exact) mass is 467 g/mol. The Hall–Kier alpha value is -2.65. The Labute approximate surface area is 189 Å². The maximum absolute atomic E-state index is 13.9. The first-order valence-corrected chi connectivity index (χ1v) is 11.5. The van der Waals surface area contributed by atoms with Crippen LogP contribution in [-0.2, 0) is 26.2 Å². The van der Waals surface area contributed by atoms with E-state index < -0.39 is 15.9 Å². The predicted molar refractivity (Wildman–Crippen MR) is 119 cm³/mol. The zero-order valence-electron chi connectivity index (χ0n) is 19.1. The zero-order valence-corrected chi connectivity index (χ0v) is 19.9. The molecular formula is C23H30FNO6S. The maximum Gasteiger partial charge on any atom is 0.339 e. The molecule has 0 heterocycles. The molecule has 2 aromatic rings. The van der Waals surface area contributed by atoms with Crippen LogP contribution in [-0.4, -0.2) is 46.6 Å². The molecule has 2 rings (SSSR count). The summed E-state index contributed by atoms with van der Waals surface area (Å²) in [6, 6.07) is 9.71. The van der Waals surface area contributed by atoms with E-state index in [1.165, 1.54) is 25.3 Å².